The molecular weight excluding hydrogens is 514 g/mol. The molecule has 3 atom stereocenters. The molecule has 1 aliphatic carbocycles. The first kappa shape index (κ1) is 28.2. The Hall–Kier alpha value is -4.32. The summed E-state index contributed by atoms with van der Waals surface area (Å²) in [5.41, 5.74) is 5.52. The number of carbonyl (C=O) groups is 2. The monoisotopic (exact) mass is 551 g/mol. The minimum absolute atomic E-state index is 0.0174. The lowest BCUT2D eigenvalue weighted by molar-refractivity contribution is -0.144. The van der Waals surface area contributed by atoms with E-state index < -0.39 is 11.9 Å². The van der Waals surface area contributed by atoms with Gasteiger partial charge in [0.25, 0.3) is 0 Å². The zero-order valence-corrected chi connectivity index (χ0v) is 24.1. The Labute approximate surface area is 242 Å². The molecule has 0 bridgehead atoms. The Morgan fingerprint density at radius 1 is 0.976 bits per heavy atom. The number of ketones is 1. The van der Waals surface area contributed by atoms with E-state index >= 15 is 0 Å². The van der Waals surface area contributed by atoms with E-state index in [-0.39, 0.29) is 17.8 Å². The lowest BCUT2D eigenvalue weighted by Gasteiger charge is -2.37. The number of dihydropyridines is 1. The maximum absolute atomic E-state index is 14.0. The van der Waals surface area contributed by atoms with Gasteiger partial charge in [0.15, 0.2) is 5.78 Å². The molecule has 3 aromatic carbocycles. The van der Waals surface area contributed by atoms with Crippen LogP contribution in [0.1, 0.15) is 68.6 Å². The standard InChI is InChI=1S/C35H37NO5/c1-5-22(2)41-35(38)32-23(3)36-29-19-26(25-15-17-27(39-4)18-16-25)20-30(37)34(29)33(32)28-13-9-10-14-31(28)40-21-24-11-7-6-8-12-24/h6-18,22,26,33,36H,5,19-21H2,1-4H3/t22-,26-,33+/m1/s1. The summed E-state index contributed by atoms with van der Waals surface area (Å²) >= 11 is 0. The number of carbonyl (C=O) groups excluding carboxylic acids is 2. The lowest BCUT2D eigenvalue weighted by Crippen LogP contribution is -2.36. The van der Waals surface area contributed by atoms with Crippen LogP contribution in [0.3, 0.4) is 0 Å². The van der Waals surface area contributed by atoms with Gasteiger partial charge < -0.3 is 19.5 Å². The van der Waals surface area contributed by atoms with E-state index in [1.807, 2.05) is 99.6 Å². The summed E-state index contributed by atoms with van der Waals surface area (Å²) in [5, 5.41) is 3.44. The van der Waals surface area contributed by atoms with Crippen molar-refractivity contribution in [3.05, 3.63) is 118 Å². The molecule has 6 nitrogen and oxygen atoms in total. The molecule has 1 aliphatic heterocycles. The third-order valence-corrected chi connectivity index (χ3v) is 7.99. The number of benzene rings is 3. The highest BCUT2D eigenvalue weighted by Crippen LogP contribution is 2.48. The molecular formula is C35H37NO5. The van der Waals surface area contributed by atoms with Crippen molar-refractivity contribution in [1.29, 1.82) is 0 Å². The summed E-state index contributed by atoms with van der Waals surface area (Å²) < 4.78 is 17.5. The number of Topliss-reactive ketones (excluding diaryl/α,β-unsaturated/α-hetero) is 1. The van der Waals surface area contributed by atoms with E-state index in [2.05, 4.69) is 5.32 Å². The molecule has 0 saturated heterocycles. The van der Waals surface area contributed by atoms with Gasteiger partial charge in [0.1, 0.15) is 18.1 Å². The predicted molar refractivity (Wildman–Crippen MR) is 159 cm³/mol. The minimum atomic E-state index is -0.598. The first-order chi connectivity index (χ1) is 19.9. The maximum atomic E-state index is 14.0. The second kappa shape index (κ2) is 12.5. The molecule has 0 amide bonds. The second-order valence-corrected chi connectivity index (χ2v) is 10.7. The molecule has 0 spiro atoms. The number of methoxy groups -OCH3 is 1. The Morgan fingerprint density at radius 3 is 2.39 bits per heavy atom. The maximum Gasteiger partial charge on any atom is 0.337 e. The summed E-state index contributed by atoms with van der Waals surface area (Å²) in [4.78, 5) is 27.7. The number of para-hydroxylation sites is 1. The van der Waals surface area contributed by atoms with Crippen LogP contribution in [0.4, 0.5) is 0 Å². The van der Waals surface area contributed by atoms with Gasteiger partial charge in [-0.05, 0) is 61.9 Å². The Morgan fingerprint density at radius 2 is 1.68 bits per heavy atom. The van der Waals surface area contributed by atoms with E-state index in [4.69, 9.17) is 14.2 Å². The molecule has 0 radical (unpaired) electrons. The van der Waals surface area contributed by atoms with E-state index in [9.17, 15) is 9.59 Å². The van der Waals surface area contributed by atoms with E-state index in [0.717, 1.165) is 28.1 Å². The fourth-order valence-electron chi connectivity index (χ4n) is 5.65. The minimum Gasteiger partial charge on any atom is -0.497 e. The van der Waals surface area contributed by atoms with Crippen molar-refractivity contribution in [1.82, 2.24) is 5.32 Å². The van der Waals surface area contributed by atoms with E-state index in [1.165, 1.54) is 0 Å². The van der Waals surface area contributed by atoms with Crippen molar-refractivity contribution in [3.63, 3.8) is 0 Å². The van der Waals surface area contributed by atoms with Gasteiger partial charge in [0.05, 0.1) is 24.7 Å². The van der Waals surface area contributed by atoms with Crippen LogP contribution in [0.5, 0.6) is 11.5 Å². The third kappa shape index (κ3) is 6.07. The highest BCUT2D eigenvalue weighted by Gasteiger charge is 2.42. The fraction of sp³-hybridized carbons (Fsp3) is 0.314. The van der Waals surface area contributed by atoms with Gasteiger partial charge >= 0.3 is 5.97 Å². The van der Waals surface area contributed by atoms with Gasteiger partial charge in [-0.15, -0.1) is 0 Å². The van der Waals surface area contributed by atoms with Crippen LogP contribution in [0.2, 0.25) is 0 Å². The summed E-state index contributed by atoms with van der Waals surface area (Å²) in [7, 11) is 1.64. The molecule has 2 aliphatic rings. The predicted octanol–water partition coefficient (Wildman–Crippen LogP) is 6.98. The fourth-order valence-corrected chi connectivity index (χ4v) is 5.65. The number of esters is 1. The number of allylic oxidation sites excluding steroid dienone is 3. The zero-order valence-electron chi connectivity index (χ0n) is 24.1. The lowest BCUT2D eigenvalue weighted by atomic mass is 9.71. The number of nitrogens with one attached hydrogen (secondary N) is 1. The van der Waals surface area contributed by atoms with Crippen molar-refractivity contribution in [3.8, 4) is 11.5 Å². The highest BCUT2D eigenvalue weighted by molar-refractivity contribution is 6.04. The van der Waals surface area contributed by atoms with Crippen LogP contribution < -0.4 is 14.8 Å². The molecule has 212 valence electrons. The highest BCUT2D eigenvalue weighted by atomic mass is 16.5. The van der Waals surface area contributed by atoms with Gasteiger partial charge in [0.2, 0.25) is 0 Å². The van der Waals surface area contributed by atoms with Crippen LogP contribution in [-0.2, 0) is 20.9 Å². The van der Waals surface area contributed by atoms with Gasteiger partial charge in [-0.25, -0.2) is 4.79 Å². The Bertz CT molecular complexity index is 1470. The van der Waals surface area contributed by atoms with Crippen LogP contribution in [0.15, 0.2) is 101 Å². The molecule has 0 fully saturated rings. The number of hydrogen-bond acceptors (Lipinski definition) is 6. The average molecular weight is 552 g/mol. The summed E-state index contributed by atoms with van der Waals surface area (Å²) in [6, 6.07) is 25.5. The van der Waals surface area contributed by atoms with E-state index in [1.54, 1.807) is 7.11 Å². The molecule has 0 saturated carbocycles. The Balaban J connectivity index is 1.56. The van der Waals surface area contributed by atoms with Crippen LogP contribution in [0.25, 0.3) is 0 Å². The first-order valence-corrected chi connectivity index (χ1v) is 14.2. The summed E-state index contributed by atoms with van der Waals surface area (Å²) in [6.45, 7) is 6.12. The van der Waals surface area contributed by atoms with Crippen LogP contribution in [0, 0.1) is 0 Å². The van der Waals surface area contributed by atoms with Gasteiger partial charge in [-0.1, -0.05) is 67.6 Å². The molecule has 41 heavy (non-hydrogen) atoms. The smallest absolute Gasteiger partial charge is 0.337 e. The normalized spacial score (nSPS) is 19.3. The van der Waals surface area contributed by atoms with Crippen molar-refractivity contribution >= 4 is 11.8 Å². The van der Waals surface area contributed by atoms with Crippen molar-refractivity contribution in [2.45, 2.75) is 64.6 Å². The molecule has 1 N–H and O–H groups in total. The van der Waals surface area contributed by atoms with Crippen LogP contribution in [-0.4, -0.2) is 25.0 Å². The van der Waals surface area contributed by atoms with Crippen molar-refractivity contribution < 1.29 is 23.8 Å². The topological polar surface area (TPSA) is 73.9 Å². The number of ether oxygens (including phenoxy) is 3. The summed E-state index contributed by atoms with van der Waals surface area (Å²) in [6.07, 6.45) is 1.46. The molecule has 5 rings (SSSR count). The van der Waals surface area contributed by atoms with Crippen molar-refractivity contribution in [2.24, 2.45) is 0 Å². The molecule has 3 aromatic rings. The largest absolute Gasteiger partial charge is 0.497 e. The van der Waals surface area contributed by atoms with Crippen LogP contribution >= 0.6 is 0 Å². The quantitative estimate of drug-likeness (QED) is 0.289. The van der Waals surface area contributed by atoms with Gasteiger partial charge in [0, 0.05) is 29.0 Å². The molecule has 6 heteroatoms. The van der Waals surface area contributed by atoms with Gasteiger partial charge in [-0.2, -0.15) is 0 Å². The molecule has 0 aromatic heterocycles. The average Bonchev–Trinajstić information content (AvgIpc) is 2.99. The zero-order chi connectivity index (χ0) is 28.9. The number of hydrogen-bond donors (Lipinski definition) is 1. The SMILES string of the molecule is CC[C@@H](C)OC(=O)C1=C(C)NC2=C(C(=O)C[C@H](c3ccc(OC)cc3)C2)[C@H]1c1ccccc1OCc1ccccc1. The van der Waals surface area contributed by atoms with Gasteiger partial charge in [-0.3, -0.25) is 4.79 Å². The Kier molecular flexibility index (Phi) is 8.58. The molecule has 0 unspecified atom stereocenters. The molecule has 1 heterocycles. The first-order valence-electron chi connectivity index (χ1n) is 14.2. The second-order valence-electron chi connectivity index (χ2n) is 10.7. The van der Waals surface area contributed by atoms with E-state index in [0.29, 0.717) is 48.5 Å². The van der Waals surface area contributed by atoms with Crippen molar-refractivity contribution in [2.75, 3.05) is 7.11 Å². The summed E-state index contributed by atoms with van der Waals surface area (Å²) in [5.74, 6) is 0.446. The third-order valence-electron chi connectivity index (χ3n) is 7.99. The number of rotatable bonds is 9.